The second kappa shape index (κ2) is 5.69. The molecule has 0 N–H and O–H groups in total. The Kier molecular flexibility index (Phi) is 3.99. The number of hydrogen-bond donors (Lipinski definition) is 0. The highest BCUT2D eigenvalue weighted by atomic mass is 16.6. The summed E-state index contributed by atoms with van der Waals surface area (Å²) in [4.78, 5) is 30.6. The number of amides is 2. The number of pyridine rings is 1. The molecular weight excluding hydrogens is 246 g/mol. The number of carbonyl (C=O) groups excluding carboxylic acids is 2. The molecule has 1 aliphatic heterocycles. The lowest BCUT2D eigenvalue weighted by atomic mass is 10.2. The predicted octanol–water partition coefficient (Wildman–Crippen LogP) is 1.05. The second-order valence-corrected chi connectivity index (χ2v) is 4.47. The molecule has 2 amide bonds. The summed E-state index contributed by atoms with van der Waals surface area (Å²) in [6.45, 7) is 2.77. The standard InChI is InChI=1S/C13H17N3O3/c1-10(11-5-3-4-6-14-11)15(2)12(17)9-16-7-8-19-13(16)18/h3-6,10H,7-9H2,1-2H3/t10-/m1/s1. The zero-order valence-electron chi connectivity index (χ0n) is 11.1. The number of nitrogens with zero attached hydrogens (tertiary/aromatic N) is 3. The molecular formula is C13H17N3O3. The van der Waals surface area contributed by atoms with E-state index in [-0.39, 0.29) is 18.5 Å². The summed E-state index contributed by atoms with van der Waals surface area (Å²) in [6.07, 6.45) is 1.27. The van der Waals surface area contributed by atoms with E-state index < -0.39 is 6.09 Å². The highest BCUT2D eigenvalue weighted by Gasteiger charge is 2.27. The summed E-state index contributed by atoms with van der Waals surface area (Å²) in [5.74, 6) is -0.128. The number of hydrogen-bond acceptors (Lipinski definition) is 4. The van der Waals surface area contributed by atoms with Gasteiger partial charge in [0.2, 0.25) is 5.91 Å². The molecule has 0 bridgehead atoms. The summed E-state index contributed by atoms with van der Waals surface area (Å²) in [5.41, 5.74) is 0.822. The zero-order chi connectivity index (χ0) is 13.8. The molecule has 0 radical (unpaired) electrons. The van der Waals surface area contributed by atoms with Crippen LogP contribution in [0.15, 0.2) is 24.4 Å². The Bertz CT molecular complexity index is 463. The van der Waals surface area contributed by atoms with E-state index in [9.17, 15) is 9.59 Å². The van der Waals surface area contributed by atoms with Gasteiger partial charge >= 0.3 is 6.09 Å². The Labute approximate surface area is 112 Å². The van der Waals surface area contributed by atoms with Gasteiger partial charge in [-0.2, -0.15) is 0 Å². The highest BCUT2D eigenvalue weighted by Crippen LogP contribution is 2.16. The van der Waals surface area contributed by atoms with Gasteiger partial charge in [0.15, 0.2) is 0 Å². The van der Waals surface area contributed by atoms with E-state index in [1.165, 1.54) is 4.90 Å². The SMILES string of the molecule is C[C@H](c1ccccn1)N(C)C(=O)CN1CCOC1=O. The lowest BCUT2D eigenvalue weighted by molar-refractivity contribution is -0.132. The highest BCUT2D eigenvalue weighted by molar-refractivity contribution is 5.83. The maximum absolute atomic E-state index is 12.1. The van der Waals surface area contributed by atoms with Crippen molar-refractivity contribution in [3.8, 4) is 0 Å². The molecule has 102 valence electrons. The largest absolute Gasteiger partial charge is 0.448 e. The number of rotatable bonds is 4. The molecule has 0 saturated carbocycles. The van der Waals surface area contributed by atoms with Crippen LogP contribution in [-0.2, 0) is 9.53 Å². The zero-order valence-corrected chi connectivity index (χ0v) is 11.1. The quantitative estimate of drug-likeness (QED) is 0.814. The molecule has 6 nitrogen and oxygen atoms in total. The van der Waals surface area contributed by atoms with Crippen molar-refractivity contribution in [1.82, 2.24) is 14.8 Å². The van der Waals surface area contributed by atoms with E-state index in [1.54, 1.807) is 18.1 Å². The molecule has 0 spiro atoms. The van der Waals surface area contributed by atoms with Crippen molar-refractivity contribution in [2.75, 3.05) is 26.7 Å². The van der Waals surface area contributed by atoms with E-state index in [2.05, 4.69) is 4.98 Å². The average molecular weight is 263 g/mol. The third-order valence-electron chi connectivity index (χ3n) is 3.26. The summed E-state index contributed by atoms with van der Waals surface area (Å²) in [7, 11) is 1.71. The third kappa shape index (κ3) is 3.01. The minimum atomic E-state index is -0.424. The van der Waals surface area contributed by atoms with Crippen LogP contribution in [0.1, 0.15) is 18.7 Å². The van der Waals surface area contributed by atoms with Crippen LogP contribution in [0.4, 0.5) is 4.79 Å². The first-order valence-corrected chi connectivity index (χ1v) is 6.18. The van der Waals surface area contributed by atoms with Crippen LogP contribution in [-0.4, -0.2) is 53.5 Å². The van der Waals surface area contributed by atoms with Gasteiger partial charge in [-0.3, -0.25) is 14.7 Å². The van der Waals surface area contributed by atoms with E-state index in [1.807, 2.05) is 25.1 Å². The fourth-order valence-electron chi connectivity index (χ4n) is 1.88. The molecule has 1 fully saturated rings. The van der Waals surface area contributed by atoms with Crippen molar-refractivity contribution in [3.63, 3.8) is 0 Å². The fraction of sp³-hybridized carbons (Fsp3) is 0.462. The summed E-state index contributed by atoms with van der Waals surface area (Å²) < 4.78 is 4.80. The third-order valence-corrected chi connectivity index (χ3v) is 3.26. The summed E-state index contributed by atoms with van der Waals surface area (Å²) in [6, 6.07) is 5.46. The van der Waals surface area contributed by atoms with Crippen LogP contribution in [0.25, 0.3) is 0 Å². The Morgan fingerprint density at radius 1 is 1.58 bits per heavy atom. The second-order valence-electron chi connectivity index (χ2n) is 4.47. The number of likely N-dealkylation sites (N-methyl/N-ethyl adjacent to an activating group) is 1. The van der Waals surface area contributed by atoms with E-state index in [4.69, 9.17) is 4.74 Å². The molecule has 1 saturated heterocycles. The van der Waals surface area contributed by atoms with Crippen LogP contribution >= 0.6 is 0 Å². The molecule has 1 aromatic heterocycles. The molecule has 2 heterocycles. The first-order valence-electron chi connectivity index (χ1n) is 6.18. The van der Waals surface area contributed by atoms with Crippen molar-refractivity contribution < 1.29 is 14.3 Å². The Balaban J connectivity index is 1.97. The number of aromatic nitrogens is 1. The molecule has 1 aliphatic rings. The molecule has 0 aromatic carbocycles. The molecule has 0 unspecified atom stereocenters. The number of cyclic esters (lactones) is 1. The van der Waals surface area contributed by atoms with Gasteiger partial charge < -0.3 is 9.64 Å². The minimum Gasteiger partial charge on any atom is -0.448 e. The van der Waals surface area contributed by atoms with Gasteiger partial charge in [-0.15, -0.1) is 0 Å². The Hall–Kier alpha value is -2.11. The van der Waals surface area contributed by atoms with Gasteiger partial charge in [0.1, 0.15) is 13.2 Å². The van der Waals surface area contributed by atoms with Gasteiger partial charge in [0, 0.05) is 13.2 Å². The smallest absolute Gasteiger partial charge is 0.410 e. The first kappa shape index (κ1) is 13.3. The van der Waals surface area contributed by atoms with Crippen molar-refractivity contribution in [1.29, 1.82) is 0 Å². The van der Waals surface area contributed by atoms with Gasteiger partial charge in [-0.25, -0.2) is 4.79 Å². The van der Waals surface area contributed by atoms with E-state index in [0.29, 0.717) is 13.2 Å². The van der Waals surface area contributed by atoms with Crippen LogP contribution in [0.2, 0.25) is 0 Å². The maximum atomic E-state index is 12.1. The first-order chi connectivity index (χ1) is 9.09. The Morgan fingerprint density at radius 3 is 2.95 bits per heavy atom. The fourth-order valence-corrected chi connectivity index (χ4v) is 1.88. The van der Waals surface area contributed by atoms with E-state index in [0.717, 1.165) is 5.69 Å². The van der Waals surface area contributed by atoms with Crippen molar-refractivity contribution in [2.24, 2.45) is 0 Å². The molecule has 1 aromatic rings. The molecule has 0 aliphatic carbocycles. The molecule has 19 heavy (non-hydrogen) atoms. The van der Waals surface area contributed by atoms with E-state index >= 15 is 0 Å². The number of ether oxygens (including phenoxy) is 1. The minimum absolute atomic E-state index is 0.0481. The van der Waals surface area contributed by atoms with Crippen LogP contribution < -0.4 is 0 Å². The van der Waals surface area contributed by atoms with Crippen LogP contribution in [0, 0.1) is 0 Å². The average Bonchev–Trinajstić information content (AvgIpc) is 2.83. The normalized spacial score (nSPS) is 16.1. The van der Waals surface area contributed by atoms with Gasteiger partial charge in [0.25, 0.3) is 0 Å². The summed E-state index contributed by atoms with van der Waals surface area (Å²) >= 11 is 0. The van der Waals surface area contributed by atoms with Crippen molar-refractivity contribution in [2.45, 2.75) is 13.0 Å². The Morgan fingerprint density at radius 2 is 2.37 bits per heavy atom. The van der Waals surface area contributed by atoms with Crippen molar-refractivity contribution >= 4 is 12.0 Å². The predicted molar refractivity (Wildman–Crippen MR) is 68.3 cm³/mol. The molecule has 6 heteroatoms. The lowest BCUT2D eigenvalue weighted by Gasteiger charge is -2.26. The monoisotopic (exact) mass is 263 g/mol. The summed E-state index contributed by atoms with van der Waals surface area (Å²) in [5, 5.41) is 0. The maximum Gasteiger partial charge on any atom is 0.410 e. The molecule has 1 atom stereocenters. The van der Waals surface area contributed by atoms with Crippen LogP contribution in [0.3, 0.4) is 0 Å². The van der Waals surface area contributed by atoms with Gasteiger partial charge in [-0.1, -0.05) is 6.07 Å². The van der Waals surface area contributed by atoms with Gasteiger partial charge in [-0.05, 0) is 19.1 Å². The lowest BCUT2D eigenvalue weighted by Crippen LogP contribution is -2.40. The van der Waals surface area contributed by atoms with Crippen LogP contribution in [0.5, 0.6) is 0 Å². The number of carbonyl (C=O) groups is 2. The van der Waals surface area contributed by atoms with Crippen molar-refractivity contribution in [3.05, 3.63) is 30.1 Å². The van der Waals surface area contributed by atoms with Gasteiger partial charge in [0.05, 0.1) is 18.3 Å². The topological polar surface area (TPSA) is 62.7 Å². The molecule has 2 rings (SSSR count).